The Hall–Kier alpha value is -2.96. The number of nitrogens with one attached hydrogen (secondary N) is 1. The van der Waals surface area contributed by atoms with E-state index in [4.69, 9.17) is 4.74 Å². The topological polar surface area (TPSA) is 84.4 Å². The van der Waals surface area contributed by atoms with Crippen LogP contribution >= 0.6 is 0 Å². The number of amides is 2. The molecular formula is C23H28N4O3. The third kappa shape index (κ3) is 4.61. The SMILES string of the molecule is O=C1NCC2(CCCCCOc3ccccc31)CCCN(C(=O)c1cnccn1)C2. The fourth-order valence-corrected chi connectivity index (χ4v) is 4.49. The first kappa shape index (κ1) is 20.3. The van der Waals surface area contributed by atoms with Crippen LogP contribution in [-0.4, -0.2) is 52.9 Å². The molecular weight excluding hydrogens is 380 g/mol. The predicted molar refractivity (Wildman–Crippen MR) is 112 cm³/mol. The lowest BCUT2D eigenvalue weighted by Gasteiger charge is -2.43. The normalized spacial score (nSPS) is 22.8. The number of piperidine rings is 1. The zero-order chi connectivity index (χ0) is 20.8. The first-order chi connectivity index (χ1) is 14.7. The average Bonchev–Trinajstić information content (AvgIpc) is 2.80. The molecule has 2 aromatic rings. The Morgan fingerprint density at radius 2 is 1.97 bits per heavy atom. The molecule has 1 saturated heterocycles. The number of aromatic nitrogens is 2. The van der Waals surface area contributed by atoms with Gasteiger partial charge in [-0.2, -0.15) is 0 Å². The molecule has 3 heterocycles. The number of fused-ring (bicyclic) bond motifs is 1. The summed E-state index contributed by atoms with van der Waals surface area (Å²) in [7, 11) is 0. The standard InChI is InChI=1S/C23H28N4O3/c28-21-18-7-2-3-8-20(18)30-14-5-1-4-9-23(16-26-21)10-6-13-27(17-23)22(29)19-15-24-11-12-25-19/h2-3,7-8,11-12,15H,1,4-6,9-10,13-14,16-17H2,(H,26,28). The summed E-state index contributed by atoms with van der Waals surface area (Å²) < 4.78 is 5.84. The van der Waals surface area contributed by atoms with Gasteiger partial charge in [0.05, 0.1) is 18.4 Å². The quantitative estimate of drug-likeness (QED) is 0.784. The Kier molecular flexibility index (Phi) is 6.26. The number of carbonyl (C=O) groups excluding carboxylic acids is 2. The van der Waals surface area contributed by atoms with Gasteiger partial charge in [0.15, 0.2) is 0 Å². The van der Waals surface area contributed by atoms with Gasteiger partial charge in [-0.15, -0.1) is 0 Å². The summed E-state index contributed by atoms with van der Waals surface area (Å²) in [5.74, 6) is 0.425. The van der Waals surface area contributed by atoms with E-state index in [1.54, 1.807) is 18.5 Å². The highest BCUT2D eigenvalue weighted by atomic mass is 16.5. The number of carbonyl (C=O) groups is 2. The molecule has 0 saturated carbocycles. The number of hydrogen-bond donors (Lipinski definition) is 1. The van der Waals surface area contributed by atoms with E-state index >= 15 is 0 Å². The van der Waals surface area contributed by atoms with Gasteiger partial charge in [0, 0.05) is 37.4 Å². The maximum absolute atomic E-state index is 13.0. The second-order valence-electron chi connectivity index (χ2n) is 8.26. The van der Waals surface area contributed by atoms with Crippen LogP contribution in [0.15, 0.2) is 42.9 Å². The maximum Gasteiger partial charge on any atom is 0.274 e. The van der Waals surface area contributed by atoms with Gasteiger partial charge in [-0.1, -0.05) is 25.0 Å². The molecule has 2 aliphatic heterocycles. The molecule has 0 radical (unpaired) electrons. The van der Waals surface area contributed by atoms with Crippen molar-refractivity contribution in [3.63, 3.8) is 0 Å². The molecule has 158 valence electrons. The van der Waals surface area contributed by atoms with Gasteiger partial charge in [0.2, 0.25) is 0 Å². The number of benzene rings is 1. The molecule has 1 fully saturated rings. The van der Waals surface area contributed by atoms with Crippen molar-refractivity contribution in [2.24, 2.45) is 5.41 Å². The van der Waals surface area contributed by atoms with E-state index in [0.717, 1.165) is 38.5 Å². The third-order valence-electron chi connectivity index (χ3n) is 6.10. The third-order valence-corrected chi connectivity index (χ3v) is 6.10. The molecule has 1 aromatic carbocycles. The molecule has 30 heavy (non-hydrogen) atoms. The molecule has 4 rings (SSSR count). The highest BCUT2D eigenvalue weighted by molar-refractivity contribution is 5.97. The van der Waals surface area contributed by atoms with Crippen LogP contribution in [-0.2, 0) is 0 Å². The van der Waals surface area contributed by atoms with Crippen LogP contribution in [0.2, 0.25) is 0 Å². The minimum absolute atomic E-state index is 0.0848. The summed E-state index contributed by atoms with van der Waals surface area (Å²) in [6.45, 7) is 2.49. The Balaban J connectivity index is 1.53. The molecule has 1 aromatic heterocycles. The van der Waals surface area contributed by atoms with Crippen molar-refractivity contribution in [2.75, 3.05) is 26.2 Å². The fraction of sp³-hybridized carbons (Fsp3) is 0.478. The van der Waals surface area contributed by atoms with Crippen LogP contribution in [0.1, 0.15) is 59.4 Å². The van der Waals surface area contributed by atoms with E-state index in [2.05, 4.69) is 15.3 Å². The summed E-state index contributed by atoms with van der Waals surface area (Å²) in [6.07, 6.45) is 10.6. The van der Waals surface area contributed by atoms with Gasteiger partial charge >= 0.3 is 0 Å². The van der Waals surface area contributed by atoms with E-state index in [0.29, 0.717) is 43.2 Å². The second-order valence-corrected chi connectivity index (χ2v) is 8.26. The number of hydrogen-bond acceptors (Lipinski definition) is 5. The number of ether oxygens (including phenoxy) is 1. The molecule has 7 heteroatoms. The van der Waals surface area contributed by atoms with Crippen LogP contribution in [0.4, 0.5) is 0 Å². The molecule has 1 spiro atoms. The minimum Gasteiger partial charge on any atom is -0.493 e. The summed E-state index contributed by atoms with van der Waals surface area (Å²) in [4.78, 5) is 35.9. The first-order valence-corrected chi connectivity index (χ1v) is 10.7. The van der Waals surface area contributed by atoms with Gasteiger partial charge in [-0.25, -0.2) is 4.98 Å². The van der Waals surface area contributed by atoms with Crippen LogP contribution in [0.25, 0.3) is 0 Å². The minimum atomic E-state index is -0.124. The molecule has 2 amide bonds. The van der Waals surface area contributed by atoms with Crippen molar-refractivity contribution < 1.29 is 14.3 Å². The average molecular weight is 409 g/mol. The lowest BCUT2D eigenvalue weighted by atomic mass is 9.75. The summed E-state index contributed by atoms with van der Waals surface area (Å²) in [6, 6.07) is 7.38. The van der Waals surface area contributed by atoms with Crippen LogP contribution in [0.3, 0.4) is 0 Å². The summed E-state index contributed by atoms with van der Waals surface area (Å²) in [5.41, 5.74) is 0.815. The van der Waals surface area contributed by atoms with Crippen molar-refractivity contribution in [1.29, 1.82) is 0 Å². The summed E-state index contributed by atoms with van der Waals surface area (Å²) >= 11 is 0. The van der Waals surface area contributed by atoms with Gasteiger partial charge < -0.3 is 15.0 Å². The Morgan fingerprint density at radius 1 is 1.10 bits per heavy atom. The first-order valence-electron chi connectivity index (χ1n) is 10.7. The number of likely N-dealkylation sites (tertiary alicyclic amines) is 1. The van der Waals surface area contributed by atoms with E-state index in [9.17, 15) is 9.59 Å². The highest BCUT2D eigenvalue weighted by Gasteiger charge is 2.38. The lowest BCUT2D eigenvalue weighted by Crippen LogP contribution is -2.51. The van der Waals surface area contributed by atoms with Gasteiger partial charge in [-0.05, 0) is 37.8 Å². The van der Waals surface area contributed by atoms with Crippen molar-refractivity contribution in [3.05, 3.63) is 54.1 Å². The zero-order valence-electron chi connectivity index (χ0n) is 17.2. The van der Waals surface area contributed by atoms with Crippen molar-refractivity contribution in [2.45, 2.75) is 38.5 Å². The molecule has 0 aliphatic carbocycles. The van der Waals surface area contributed by atoms with Gasteiger partial charge in [0.1, 0.15) is 11.4 Å². The van der Waals surface area contributed by atoms with Gasteiger partial charge in [0.25, 0.3) is 11.8 Å². The lowest BCUT2D eigenvalue weighted by molar-refractivity contribution is 0.0463. The number of para-hydroxylation sites is 1. The monoisotopic (exact) mass is 408 g/mol. The molecule has 1 N–H and O–H groups in total. The van der Waals surface area contributed by atoms with Crippen molar-refractivity contribution >= 4 is 11.8 Å². The molecule has 1 unspecified atom stereocenters. The Bertz CT molecular complexity index is 889. The van der Waals surface area contributed by atoms with Crippen molar-refractivity contribution in [3.8, 4) is 5.75 Å². The molecule has 7 nitrogen and oxygen atoms in total. The van der Waals surface area contributed by atoms with Crippen LogP contribution < -0.4 is 10.1 Å². The Labute approximate surface area is 176 Å². The fourth-order valence-electron chi connectivity index (χ4n) is 4.49. The second kappa shape index (κ2) is 9.24. The predicted octanol–water partition coefficient (Wildman–Crippen LogP) is 3.08. The molecule has 1 atom stereocenters. The molecule has 2 aliphatic rings. The Morgan fingerprint density at radius 3 is 2.83 bits per heavy atom. The smallest absolute Gasteiger partial charge is 0.274 e. The van der Waals surface area contributed by atoms with E-state index in [1.165, 1.54) is 6.20 Å². The largest absolute Gasteiger partial charge is 0.493 e. The highest BCUT2D eigenvalue weighted by Crippen LogP contribution is 2.36. The molecule has 0 bridgehead atoms. The maximum atomic E-state index is 13.0. The van der Waals surface area contributed by atoms with Crippen LogP contribution in [0.5, 0.6) is 5.75 Å². The number of nitrogens with zero attached hydrogens (tertiary/aromatic N) is 3. The van der Waals surface area contributed by atoms with Gasteiger partial charge in [-0.3, -0.25) is 14.6 Å². The van der Waals surface area contributed by atoms with E-state index < -0.39 is 0 Å². The summed E-state index contributed by atoms with van der Waals surface area (Å²) in [5, 5.41) is 3.13. The number of rotatable bonds is 1. The van der Waals surface area contributed by atoms with E-state index in [-0.39, 0.29) is 17.2 Å². The van der Waals surface area contributed by atoms with E-state index in [1.807, 2.05) is 23.1 Å². The van der Waals surface area contributed by atoms with Crippen LogP contribution in [0, 0.1) is 5.41 Å². The van der Waals surface area contributed by atoms with Crippen molar-refractivity contribution in [1.82, 2.24) is 20.2 Å². The zero-order valence-corrected chi connectivity index (χ0v) is 17.2.